The third-order valence-corrected chi connectivity index (χ3v) is 3.20. The van der Waals surface area contributed by atoms with Gasteiger partial charge in [0.25, 0.3) is 0 Å². The summed E-state index contributed by atoms with van der Waals surface area (Å²) in [6, 6.07) is 6.57. The molecular formula is C13H17NO. The molecule has 1 unspecified atom stereocenters. The predicted octanol–water partition coefficient (Wildman–Crippen LogP) is 2.16. The lowest BCUT2D eigenvalue weighted by molar-refractivity contribution is -0.119. The van der Waals surface area contributed by atoms with Crippen molar-refractivity contribution in [1.29, 1.82) is 0 Å². The summed E-state index contributed by atoms with van der Waals surface area (Å²) in [5, 5.41) is 2.88. The lowest BCUT2D eigenvalue weighted by Crippen LogP contribution is -2.13. The molecule has 2 heteroatoms. The molecule has 1 aliphatic heterocycles. The standard InChI is InChI=1S/C13H17NO/c1-3-10-6-11(5-4-9(10)2)12-7-13(15)14-8-12/h4-6,12H,3,7-8H2,1-2H3,(H,14,15). The quantitative estimate of drug-likeness (QED) is 0.784. The van der Waals surface area contributed by atoms with E-state index in [1.165, 1.54) is 16.7 Å². The van der Waals surface area contributed by atoms with Gasteiger partial charge in [0.2, 0.25) is 5.91 Å². The van der Waals surface area contributed by atoms with Gasteiger partial charge in [-0.15, -0.1) is 0 Å². The average molecular weight is 203 g/mol. The highest BCUT2D eigenvalue weighted by Gasteiger charge is 2.22. The van der Waals surface area contributed by atoms with Gasteiger partial charge in [0, 0.05) is 18.9 Å². The first-order valence-electron chi connectivity index (χ1n) is 5.57. The summed E-state index contributed by atoms with van der Waals surface area (Å²) in [6.45, 7) is 5.11. The number of nitrogens with one attached hydrogen (secondary N) is 1. The first-order valence-corrected chi connectivity index (χ1v) is 5.57. The Morgan fingerprint density at radius 1 is 1.47 bits per heavy atom. The minimum Gasteiger partial charge on any atom is -0.355 e. The summed E-state index contributed by atoms with van der Waals surface area (Å²) in [5.74, 6) is 0.557. The molecule has 1 amide bonds. The number of benzene rings is 1. The van der Waals surface area contributed by atoms with Crippen LogP contribution in [0.25, 0.3) is 0 Å². The van der Waals surface area contributed by atoms with E-state index in [9.17, 15) is 4.79 Å². The number of carbonyl (C=O) groups is 1. The van der Waals surface area contributed by atoms with Crippen LogP contribution < -0.4 is 5.32 Å². The summed E-state index contributed by atoms with van der Waals surface area (Å²) in [5.41, 5.74) is 4.04. The first kappa shape index (κ1) is 10.2. The average Bonchev–Trinajstić information content (AvgIpc) is 2.66. The van der Waals surface area contributed by atoms with Crippen LogP contribution in [0.3, 0.4) is 0 Å². The fourth-order valence-electron chi connectivity index (χ4n) is 2.17. The van der Waals surface area contributed by atoms with Crippen molar-refractivity contribution in [3.05, 3.63) is 34.9 Å². The van der Waals surface area contributed by atoms with Gasteiger partial charge in [0.1, 0.15) is 0 Å². The van der Waals surface area contributed by atoms with Crippen molar-refractivity contribution in [3.63, 3.8) is 0 Å². The van der Waals surface area contributed by atoms with Crippen LogP contribution >= 0.6 is 0 Å². The number of hydrogen-bond acceptors (Lipinski definition) is 1. The van der Waals surface area contributed by atoms with Gasteiger partial charge >= 0.3 is 0 Å². The predicted molar refractivity (Wildman–Crippen MR) is 60.9 cm³/mol. The molecule has 1 fully saturated rings. The molecule has 1 heterocycles. The SMILES string of the molecule is CCc1cc(C2CNC(=O)C2)ccc1C. The topological polar surface area (TPSA) is 29.1 Å². The Labute approximate surface area is 90.7 Å². The molecule has 0 spiro atoms. The molecule has 1 N–H and O–H groups in total. The van der Waals surface area contributed by atoms with Crippen molar-refractivity contribution in [2.75, 3.05) is 6.54 Å². The summed E-state index contributed by atoms with van der Waals surface area (Å²) in [6.07, 6.45) is 1.71. The van der Waals surface area contributed by atoms with Gasteiger partial charge in [-0.2, -0.15) is 0 Å². The van der Waals surface area contributed by atoms with Crippen molar-refractivity contribution in [1.82, 2.24) is 5.32 Å². The summed E-state index contributed by atoms with van der Waals surface area (Å²) in [7, 11) is 0. The largest absolute Gasteiger partial charge is 0.355 e. The highest BCUT2D eigenvalue weighted by molar-refractivity contribution is 5.79. The number of amides is 1. The van der Waals surface area contributed by atoms with E-state index in [-0.39, 0.29) is 5.91 Å². The van der Waals surface area contributed by atoms with Crippen LogP contribution in [0.15, 0.2) is 18.2 Å². The second-order valence-electron chi connectivity index (χ2n) is 4.24. The Balaban J connectivity index is 2.25. The van der Waals surface area contributed by atoms with Crippen LogP contribution in [0.2, 0.25) is 0 Å². The fourth-order valence-corrected chi connectivity index (χ4v) is 2.17. The van der Waals surface area contributed by atoms with E-state index in [1.807, 2.05) is 0 Å². The van der Waals surface area contributed by atoms with Crippen molar-refractivity contribution in [3.8, 4) is 0 Å². The third-order valence-electron chi connectivity index (χ3n) is 3.20. The van der Waals surface area contributed by atoms with Crippen molar-refractivity contribution in [2.24, 2.45) is 0 Å². The first-order chi connectivity index (χ1) is 7.20. The van der Waals surface area contributed by atoms with Gasteiger partial charge < -0.3 is 5.32 Å². The number of hydrogen-bond donors (Lipinski definition) is 1. The molecule has 2 rings (SSSR count). The van der Waals surface area contributed by atoms with Gasteiger partial charge in [0.15, 0.2) is 0 Å². The smallest absolute Gasteiger partial charge is 0.220 e. The van der Waals surface area contributed by atoms with Gasteiger partial charge in [0.05, 0.1) is 0 Å². The highest BCUT2D eigenvalue weighted by atomic mass is 16.1. The Hall–Kier alpha value is -1.31. The van der Waals surface area contributed by atoms with Crippen molar-refractivity contribution < 1.29 is 4.79 Å². The minimum atomic E-state index is 0.179. The summed E-state index contributed by atoms with van der Waals surface area (Å²) >= 11 is 0. The van der Waals surface area contributed by atoms with Gasteiger partial charge in [-0.25, -0.2) is 0 Å². The van der Waals surface area contributed by atoms with Crippen LogP contribution in [0.4, 0.5) is 0 Å². The zero-order valence-electron chi connectivity index (χ0n) is 9.34. The maximum Gasteiger partial charge on any atom is 0.220 e. The van der Waals surface area contributed by atoms with Crippen LogP contribution in [0.5, 0.6) is 0 Å². The molecule has 0 saturated carbocycles. The second kappa shape index (κ2) is 4.05. The molecule has 0 radical (unpaired) electrons. The molecule has 1 aromatic rings. The lowest BCUT2D eigenvalue weighted by Gasteiger charge is -2.11. The molecule has 0 aromatic heterocycles. The number of aryl methyl sites for hydroxylation is 2. The Morgan fingerprint density at radius 3 is 2.87 bits per heavy atom. The Bertz CT molecular complexity index is 384. The lowest BCUT2D eigenvalue weighted by atomic mass is 9.94. The Kier molecular flexibility index (Phi) is 2.76. The van der Waals surface area contributed by atoms with Crippen LogP contribution in [0, 0.1) is 6.92 Å². The molecular weight excluding hydrogens is 186 g/mol. The molecule has 0 aliphatic carbocycles. The summed E-state index contributed by atoms with van der Waals surface area (Å²) < 4.78 is 0. The van der Waals surface area contributed by atoms with E-state index in [2.05, 4.69) is 37.4 Å². The van der Waals surface area contributed by atoms with Crippen LogP contribution in [-0.2, 0) is 11.2 Å². The molecule has 80 valence electrons. The number of carbonyl (C=O) groups excluding carboxylic acids is 1. The Morgan fingerprint density at radius 2 is 2.27 bits per heavy atom. The molecule has 1 atom stereocenters. The van der Waals surface area contributed by atoms with E-state index in [1.54, 1.807) is 0 Å². The van der Waals surface area contributed by atoms with Gasteiger partial charge in [-0.05, 0) is 30.0 Å². The second-order valence-corrected chi connectivity index (χ2v) is 4.24. The van der Waals surface area contributed by atoms with Crippen molar-refractivity contribution >= 4 is 5.91 Å². The van der Waals surface area contributed by atoms with E-state index in [0.29, 0.717) is 12.3 Å². The fraction of sp³-hybridized carbons (Fsp3) is 0.462. The molecule has 2 nitrogen and oxygen atoms in total. The van der Waals surface area contributed by atoms with E-state index in [4.69, 9.17) is 0 Å². The van der Waals surface area contributed by atoms with Gasteiger partial charge in [-0.3, -0.25) is 4.79 Å². The van der Waals surface area contributed by atoms with E-state index in [0.717, 1.165) is 13.0 Å². The highest BCUT2D eigenvalue weighted by Crippen LogP contribution is 2.25. The third kappa shape index (κ3) is 2.04. The van der Waals surface area contributed by atoms with Crippen molar-refractivity contribution in [2.45, 2.75) is 32.6 Å². The summed E-state index contributed by atoms with van der Waals surface area (Å²) in [4.78, 5) is 11.1. The maximum atomic E-state index is 11.1. The molecule has 0 bridgehead atoms. The minimum absolute atomic E-state index is 0.179. The molecule has 1 saturated heterocycles. The maximum absolute atomic E-state index is 11.1. The number of rotatable bonds is 2. The zero-order chi connectivity index (χ0) is 10.8. The van der Waals surface area contributed by atoms with Crippen LogP contribution in [-0.4, -0.2) is 12.5 Å². The van der Waals surface area contributed by atoms with Gasteiger partial charge in [-0.1, -0.05) is 25.1 Å². The zero-order valence-corrected chi connectivity index (χ0v) is 9.34. The van der Waals surface area contributed by atoms with Crippen LogP contribution in [0.1, 0.15) is 36.0 Å². The van der Waals surface area contributed by atoms with E-state index < -0.39 is 0 Å². The monoisotopic (exact) mass is 203 g/mol. The molecule has 1 aromatic carbocycles. The normalized spacial score (nSPS) is 20.4. The van der Waals surface area contributed by atoms with E-state index >= 15 is 0 Å². The molecule has 1 aliphatic rings. The molecule has 15 heavy (non-hydrogen) atoms.